The molecule has 116 valence electrons. The molecule has 0 saturated carbocycles. The number of nitrogens with one attached hydrogen (secondary N) is 1. The van der Waals surface area contributed by atoms with Crippen LogP contribution in [-0.2, 0) is 12.3 Å². The Labute approximate surface area is 117 Å². The lowest BCUT2D eigenvalue weighted by atomic mass is 10.2. The summed E-state index contributed by atoms with van der Waals surface area (Å²) in [5.41, 5.74) is 0. The third-order valence-corrected chi connectivity index (χ3v) is 3.44. The van der Waals surface area contributed by atoms with Crippen molar-refractivity contribution < 1.29 is 22.0 Å². The van der Waals surface area contributed by atoms with Crippen LogP contribution in [0.4, 0.5) is 22.0 Å². The zero-order valence-electron chi connectivity index (χ0n) is 11.1. The van der Waals surface area contributed by atoms with Gasteiger partial charge in [-0.05, 0) is 25.4 Å². The molecule has 1 rings (SSSR count). The van der Waals surface area contributed by atoms with Crippen LogP contribution in [0.15, 0.2) is 0 Å². The molecule has 0 atom stereocenters. The molecule has 1 heterocycles. The molecule has 1 aromatic heterocycles. The molecule has 20 heavy (non-hydrogen) atoms. The average Bonchev–Trinajstić information content (AvgIpc) is 2.75. The predicted octanol–water partition coefficient (Wildman–Crippen LogP) is 3.37. The first-order valence-corrected chi connectivity index (χ1v) is 6.94. The quantitative estimate of drug-likeness (QED) is 0.619. The molecule has 1 aromatic rings. The normalized spacial score (nSPS) is 13.2. The lowest BCUT2D eigenvalue weighted by Gasteiger charge is -2.15. The van der Waals surface area contributed by atoms with Crippen LogP contribution >= 0.6 is 11.3 Å². The first-order chi connectivity index (χ1) is 9.14. The molecular formula is C11H16F5N3S. The second-order valence-electron chi connectivity index (χ2n) is 4.77. The number of alkyl halides is 5. The highest BCUT2D eigenvalue weighted by Crippen LogP contribution is 2.44. The highest BCUT2D eigenvalue weighted by molar-refractivity contribution is 7.11. The fraction of sp³-hybridized carbons (Fsp3) is 0.818. The lowest BCUT2D eigenvalue weighted by molar-refractivity contribution is -0.289. The summed E-state index contributed by atoms with van der Waals surface area (Å²) in [5.74, 6) is -4.44. The molecule has 0 aliphatic rings. The molecule has 0 saturated heterocycles. The summed E-state index contributed by atoms with van der Waals surface area (Å²) >= 11 is 0.311. The van der Waals surface area contributed by atoms with Crippen molar-refractivity contribution in [2.24, 2.45) is 5.92 Å². The summed E-state index contributed by atoms with van der Waals surface area (Å²) in [4.78, 5) is 0. The van der Waals surface area contributed by atoms with E-state index in [2.05, 4.69) is 15.5 Å². The zero-order chi connectivity index (χ0) is 15.4. The van der Waals surface area contributed by atoms with Crippen molar-refractivity contribution in [3.8, 4) is 0 Å². The van der Waals surface area contributed by atoms with E-state index in [1.165, 1.54) is 0 Å². The number of nitrogens with zero attached hydrogens (tertiary/aromatic N) is 2. The smallest absolute Gasteiger partial charge is 0.316 e. The molecule has 0 aliphatic heterocycles. The molecule has 0 amide bonds. The van der Waals surface area contributed by atoms with Crippen molar-refractivity contribution in [1.82, 2.24) is 15.5 Å². The van der Waals surface area contributed by atoms with Crippen molar-refractivity contribution in [3.05, 3.63) is 10.0 Å². The number of halogens is 5. The van der Waals surface area contributed by atoms with E-state index in [0.717, 1.165) is 6.54 Å². The van der Waals surface area contributed by atoms with Crippen LogP contribution in [-0.4, -0.2) is 29.5 Å². The maximum atomic E-state index is 13.0. The van der Waals surface area contributed by atoms with Gasteiger partial charge in [-0.1, -0.05) is 25.2 Å². The lowest BCUT2D eigenvalue weighted by Crippen LogP contribution is -2.33. The minimum absolute atomic E-state index is 0.190. The molecule has 0 aliphatic carbocycles. The number of hydrogen-bond donors (Lipinski definition) is 1. The van der Waals surface area contributed by atoms with Gasteiger partial charge in [-0.15, -0.1) is 10.2 Å². The minimum Gasteiger partial charge on any atom is -0.316 e. The van der Waals surface area contributed by atoms with Gasteiger partial charge in [0.05, 0.1) is 0 Å². The molecular weight excluding hydrogens is 301 g/mol. The van der Waals surface area contributed by atoms with Crippen LogP contribution in [0, 0.1) is 5.92 Å². The van der Waals surface area contributed by atoms with Crippen LogP contribution in [0.5, 0.6) is 0 Å². The molecule has 0 fully saturated rings. The number of aromatic nitrogens is 2. The van der Waals surface area contributed by atoms with E-state index in [1.807, 2.05) is 13.8 Å². The van der Waals surface area contributed by atoms with Gasteiger partial charge in [-0.25, -0.2) is 0 Å². The Hall–Kier alpha value is -0.830. The van der Waals surface area contributed by atoms with Gasteiger partial charge in [-0.2, -0.15) is 22.0 Å². The second-order valence-corrected chi connectivity index (χ2v) is 5.84. The van der Waals surface area contributed by atoms with E-state index in [-0.39, 0.29) is 5.01 Å². The third-order valence-electron chi connectivity index (χ3n) is 2.39. The monoisotopic (exact) mass is 317 g/mol. The van der Waals surface area contributed by atoms with Crippen molar-refractivity contribution >= 4 is 11.3 Å². The third kappa shape index (κ3) is 4.62. The molecule has 0 bridgehead atoms. The minimum atomic E-state index is -5.64. The van der Waals surface area contributed by atoms with Crippen LogP contribution in [0.2, 0.25) is 0 Å². The van der Waals surface area contributed by atoms with Gasteiger partial charge in [-0.3, -0.25) is 0 Å². The van der Waals surface area contributed by atoms with Gasteiger partial charge in [0, 0.05) is 6.42 Å². The van der Waals surface area contributed by atoms with Gasteiger partial charge in [0.1, 0.15) is 5.01 Å². The van der Waals surface area contributed by atoms with Gasteiger partial charge in [0.2, 0.25) is 0 Å². The molecule has 0 radical (unpaired) electrons. The summed E-state index contributed by atoms with van der Waals surface area (Å²) in [6, 6.07) is 0. The fourth-order valence-electron chi connectivity index (χ4n) is 1.36. The Kier molecular flexibility index (Phi) is 5.81. The Morgan fingerprint density at radius 1 is 1.15 bits per heavy atom. The van der Waals surface area contributed by atoms with Crippen molar-refractivity contribution in [2.45, 2.75) is 38.8 Å². The summed E-state index contributed by atoms with van der Waals surface area (Å²) in [6.07, 6.45) is -4.70. The standard InChI is InChI=1S/C11H16F5N3S/c1-7(2)6-17-5-3-4-8-18-19-9(20-8)10(12,13)11(14,15)16/h7,17H,3-6H2,1-2H3. The second kappa shape index (κ2) is 6.75. The van der Waals surface area contributed by atoms with Crippen LogP contribution in [0.25, 0.3) is 0 Å². The van der Waals surface area contributed by atoms with Gasteiger partial charge in [0.25, 0.3) is 0 Å². The Morgan fingerprint density at radius 2 is 1.80 bits per heavy atom. The molecule has 9 heteroatoms. The Morgan fingerprint density at radius 3 is 2.35 bits per heavy atom. The van der Waals surface area contributed by atoms with Crippen molar-refractivity contribution in [2.75, 3.05) is 13.1 Å². The summed E-state index contributed by atoms with van der Waals surface area (Å²) < 4.78 is 62.4. The molecule has 0 spiro atoms. The molecule has 3 nitrogen and oxygen atoms in total. The van der Waals surface area contributed by atoms with Crippen LogP contribution in [0.3, 0.4) is 0 Å². The SMILES string of the molecule is CC(C)CNCCCc1nnc(C(F)(F)C(F)(F)F)s1. The van der Waals surface area contributed by atoms with Gasteiger partial charge in [0.15, 0.2) is 5.01 Å². The van der Waals surface area contributed by atoms with E-state index in [9.17, 15) is 22.0 Å². The predicted molar refractivity (Wildman–Crippen MR) is 65.9 cm³/mol. The molecule has 0 aromatic carbocycles. The van der Waals surface area contributed by atoms with E-state index in [0.29, 0.717) is 36.6 Å². The maximum absolute atomic E-state index is 13.0. The summed E-state index contributed by atoms with van der Waals surface area (Å²) in [5, 5.41) is 8.39. The van der Waals surface area contributed by atoms with Gasteiger partial charge >= 0.3 is 12.1 Å². The van der Waals surface area contributed by atoms with E-state index < -0.39 is 17.1 Å². The van der Waals surface area contributed by atoms with Crippen molar-refractivity contribution in [1.29, 1.82) is 0 Å². The number of rotatable bonds is 7. The van der Waals surface area contributed by atoms with Gasteiger partial charge < -0.3 is 5.32 Å². The number of aryl methyl sites for hydroxylation is 1. The number of hydrogen-bond acceptors (Lipinski definition) is 4. The van der Waals surface area contributed by atoms with E-state index in [4.69, 9.17) is 0 Å². The Balaban J connectivity index is 2.48. The van der Waals surface area contributed by atoms with E-state index >= 15 is 0 Å². The molecule has 1 N–H and O–H groups in total. The average molecular weight is 317 g/mol. The van der Waals surface area contributed by atoms with Crippen LogP contribution < -0.4 is 5.32 Å². The maximum Gasteiger partial charge on any atom is 0.460 e. The topological polar surface area (TPSA) is 37.8 Å². The first-order valence-electron chi connectivity index (χ1n) is 6.12. The fourth-order valence-corrected chi connectivity index (χ4v) is 2.23. The first kappa shape index (κ1) is 17.2. The summed E-state index contributed by atoms with van der Waals surface area (Å²) in [6.45, 7) is 5.57. The largest absolute Gasteiger partial charge is 0.460 e. The van der Waals surface area contributed by atoms with Crippen molar-refractivity contribution in [3.63, 3.8) is 0 Å². The molecule has 0 unspecified atom stereocenters. The highest BCUT2D eigenvalue weighted by Gasteiger charge is 2.61. The summed E-state index contributed by atoms with van der Waals surface area (Å²) in [7, 11) is 0. The van der Waals surface area contributed by atoms with Crippen LogP contribution in [0.1, 0.15) is 30.3 Å². The zero-order valence-corrected chi connectivity index (χ0v) is 11.9. The Bertz CT molecular complexity index is 416. The highest BCUT2D eigenvalue weighted by atomic mass is 32.1. The van der Waals surface area contributed by atoms with E-state index in [1.54, 1.807) is 0 Å².